The number of nitrogens with zero attached hydrogens (tertiary/aromatic N) is 2. The number of nitrogens with one attached hydrogen (secondary N) is 2. The van der Waals surface area contributed by atoms with Crippen LogP contribution in [-0.2, 0) is 11.2 Å². The van der Waals surface area contributed by atoms with Crippen LogP contribution in [-0.4, -0.2) is 47.2 Å². The van der Waals surface area contributed by atoms with Gasteiger partial charge in [0.2, 0.25) is 0 Å². The minimum atomic E-state index is -0.535. The number of carbonyl (C=O) groups is 1. The monoisotopic (exact) mass is 468 g/mol. The summed E-state index contributed by atoms with van der Waals surface area (Å²) in [5.74, 6) is -0.579. The van der Waals surface area contributed by atoms with E-state index in [9.17, 15) is 13.6 Å². The van der Waals surface area contributed by atoms with Crippen molar-refractivity contribution in [1.29, 1.82) is 0 Å². The number of aromatic nitrogens is 2. The molecule has 5 rings (SSSR count). The lowest BCUT2D eigenvalue weighted by molar-refractivity contribution is -0.117. The highest BCUT2D eigenvalue weighted by Gasteiger charge is 2.23. The Morgan fingerprint density at radius 3 is 2.88 bits per heavy atom. The molecule has 2 aliphatic rings. The van der Waals surface area contributed by atoms with E-state index in [-0.39, 0.29) is 5.91 Å². The Bertz CT molecular complexity index is 1200. The lowest BCUT2D eigenvalue weighted by Crippen LogP contribution is -2.39. The van der Waals surface area contributed by atoms with Crippen LogP contribution in [0.1, 0.15) is 30.5 Å². The van der Waals surface area contributed by atoms with E-state index in [4.69, 9.17) is 0 Å². The van der Waals surface area contributed by atoms with Gasteiger partial charge >= 0.3 is 0 Å². The summed E-state index contributed by atoms with van der Waals surface area (Å²) in [6.45, 7) is 3.52. The Kier molecular flexibility index (Phi) is 6.46. The van der Waals surface area contributed by atoms with Crippen molar-refractivity contribution in [3.05, 3.63) is 64.2 Å². The van der Waals surface area contributed by atoms with Crippen molar-refractivity contribution in [2.45, 2.75) is 30.6 Å². The second kappa shape index (κ2) is 9.65. The molecule has 1 saturated heterocycles. The molecule has 2 aliphatic heterocycles. The summed E-state index contributed by atoms with van der Waals surface area (Å²) in [5.41, 5.74) is 2.38. The fraction of sp³-hybridized carbons (Fsp3) is 0.360. The van der Waals surface area contributed by atoms with Crippen molar-refractivity contribution in [2.24, 2.45) is 5.92 Å². The number of H-pyrrole nitrogens is 1. The zero-order chi connectivity index (χ0) is 22.8. The first-order valence-corrected chi connectivity index (χ1v) is 12.2. The van der Waals surface area contributed by atoms with Crippen LogP contribution in [0.2, 0.25) is 0 Å². The van der Waals surface area contributed by atoms with Crippen molar-refractivity contribution >= 4 is 34.6 Å². The highest BCUT2D eigenvalue weighted by molar-refractivity contribution is 8.04. The van der Waals surface area contributed by atoms with Crippen molar-refractivity contribution < 1.29 is 13.6 Å². The molecule has 3 aromatic rings. The molecule has 0 radical (unpaired) electrons. The fourth-order valence-corrected chi connectivity index (χ4v) is 5.64. The minimum Gasteiger partial charge on any atom is -0.351 e. The molecule has 172 valence electrons. The Morgan fingerprint density at radius 2 is 2.06 bits per heavy atom. The molecule has 5 nitrogen and oxygen atoms in total. The third-order valence-electron chi connectivity index (χ3n) is 6.48. The highest BCUT2D eigenvalue weighted by atomic mass is 32.2. The van der Waals surface area contributed by atoms with Gasteiger partial charge in [-0.05, 0) is 81.1 Å². The van der Waals surface area contributed by atoms with Gasteiger partial charge in [0.1, 0.15) is 11.6 Å². The lowest BCUT2D eigenvalue weighted by Gasteiger charge is -2.32. The molecule has 1 aromatic heterocycles. The highest BCUT2D eigenvalue weighted by Crippen LogP contribution is 2.39. The van der Waals surface area contributed by atoms with Crippen LogP contribution < -0.4 is 5.32 Å². The fourth-order valence-electron chi connectivity index (χ4n) is 4.60. The number of rotatable bonds is 7. The molecular weight excluding hydrogens is 442 g/mol. The maximum absolute atomic E-state index is 13.8. The first-order chi connectivity index (χ1) is 16.1. The van der Waals surface area contributed by atoms with Gasteiger partial charge in [-0.15, -0.1) is 0 Å². The number of aromatic amines is 1. The average molecular weight is 469 g/mol. The van der Waals surface area contributed by atoms with Gasteiger partial charge in [-0.2, -0.15) is 5.10 Å². The summed E-state index contributed by atoms with van der Waals surface area (Å²) >= 11 is 1.49. The summed E-state index contributed by atoms with van der Waals surface area (Å²) < 4.78 is 26.8. The predicted octanol–water partition coefficient (Wildman–Crippen LogP) is 4.75. The van der Waals surface area contributed by atoms with Crippen LogP contribution in [0.4, 0.5) is 8.78 Å². The molecule has 3 heterocycles. The quantitative estimate of drug-likeness (QED) is 0.526. The standard InChI is InChI=1S/C25H26F2N4OS/c26-18-7-6-17(19(27)13-18)3-2-10-31-11-8-16(9-12-31)15-28-25(32)23-14-21-24-20(29-30-21)4-1-5-22(24)33-23/h1,4-7,13-14,16H,2-3,8-12,15H2,(H,28,32)(H,29,30). The summed E-state index contributed by atoms with van der Waals surface area (Å²) in [5, 5.41) is 11.5. The lowest BCUT2D eigenvalue weighted by atomic mass is 9.96. The van der Waals surface area contributed by atoms with Crippen LogP contribution in [0.3, 0.4) is 0 Å². The molecule has 0 aliphatic carbocycles. The van der Waals surface area contributed by atoms with Crippen molar-refractivity contribution in [3.8, 4) is 0 Å². The van der Waals surface area contributed by atoms with Gasteiger partial charge in [-0.1, -0.05) is 23.9 Å². The smallest absolute Gasteiger partial charge is 0.258 e. The Balaban J connectivity index is 1.05. The second-order valence-electron chi connectivity index (χ2n) is 8.73. The number of halogens is 2. The predicted molar refractivity (Wildman–Crippen MR) is 127 cm³/mol. The molecule has 0 saturated carbocycles. The number of piperidine rings is 1. The van der Waals surface area contributed by atoms with Gasteiger partial charge in [0.15, 0.2) is 0 Å². The summed E-state index contributed by atoms with van der Waals surface area (Å²) in [6, 6.07) is 9.74. The molecule has 1 fully saturated rings. The van der Waals surface area contributed by atoms with Crippen LogP contribution in [0.5, 0.6) is 0 Å². The molecule has 0 spiro atoms. The summed E-state index contributed by atoms with van der Waals surface area (Å²) in [6.07, 6.45) is 5.40. The SMILES string of the molecule is O=C(NCC1CCN(CCCc2ccc(F)cc2F)CC1)C1=Cc2[nH]nc3cccc(c23)S1. The summed E-state index contributed by atoms with van der Waals surface area (Å²) in [4.78, 5) is 16.9. The van der Waals surface area contributed by atoms with Gasteiger partial charge in [-0.25, -0.2) is 8.78 Å². The maximum Gasteiger partial charge on any atom is 0.258 e. The maximum atomic E-state index is 13.8. The Labute approximate surface area is 195 Å². The molecular formula is C25H26F2N4OS. The zero-order valence-corrected chi connectivity index (χ0v) is 19.1. The molecule has 2 aromatic carbocycles. The van der Waals surface area contributed by atoms with E-state index in [1.165, 1.54) is 23.9 Å². The van der Waals surface area contributed by atoms with Crippen LogP contribution in [0.15, 0.2) is 46.2 Å². The van der Waals surface area contributed by atoms with E-state index in [2.05, 4.69) is 20.4 Å². The van der Waals surface area contributed by atoms with Gasteiger partial charge in [0, 0.05) is 22.9 Å². The van der Waals surface area contributed by atoms with Crippen LogP contribution >= 0.6 is 11.8 Å². The number of amides is 1. The number of benzene rings is 2. The Hall–Kier alpha value is -2.71. The molecule has 33 heavy (non-hydrogen) atoms. The van der Waals surface area contributed by atoms with E-state index < -0.39 is 11.6 Å². The van der Waals surface area contributed by atoms with E-state index in [0.29, 0.717) is 29.4 Å². The third kappa shape index (κ3) is 4.96. The van der Waals surface area contributed by atoms with Crippen LogP contribution in [0, 0.1) is 17.6 Å². The van der Waals surface area contributed by atoms with E-state index >= 15 is 0 Å². The normalized spacial score (nSPS) is 16.7. The largest absolute Gasteiger partial charge is 0.351 e. The summed E-state index contributed by atoms with van der Waals surface area (Å²) in [7, 11) is 0. The first-order valence-electron chi connectivity index (χ1n) is 11.4. The Morgan fingerprint density at radius 1 is 1.21 bits per heavy atom. The molecule has 2 N–H and O–H groups in total. The number of carbonyl (C=O) groups excluding carboxylic acids is 1. The van der Waals surface area contributed by atoms with Gasteiger partial charge in [0.05, 0.1) is 16.1 Å². The van der Waals surface area contributed by atoms with E-state index in [1.54, 1.807) is 0 Å². The molecule has 0 bridgehead atoms. The second-order valence-corrected chi connectivity index (χ2v) is 9.82. The number of thioether (sulfide) groups is 1. The van der Waals surface area contributed by atoms with E-state index in [1.807, 2.05) is 24.3 Å². The van der Waals surface area contributed by atoms with Gasteiger partial charge < -0.3 is 10.2 Å². The average Bonchev–Trinajstić information content (AvgIpc) is 3.24. The number of hydrogen-bond acceptors (Lipinski definition) is 4. The number of aryl methyl sites for hydroxylation is 1. The van der Waals surface area contributed by atoms with Gasteiger partial charge in [-0.3, -0.25) is 9.89 Å². The van der Waals surface area contributed by atoms with E-state index in [0.717, 1.165) is 66.5 Å². The topological polar surface area (TPSA) is 61.0 Å². The molecule has 8 heteroatoms. The molecule has 1 amide bonds. The van der Waals surface area contributed by atoms with Crippen molar-refractivity contribution in [1.82, 2.24) is 20.4 Å². The molecule has 0 unspecified atom stereocenters. The number of hydrogen-bond donors (Lipinski definition) is 2. The van der Waals surface area contributed by atoms with Crippen molar-refractivity contribution in [2.75, 3.05) is 26.2 Å². The minimum absolute atomic E-state index is 0.0407. The van der Waals surface area contributed by atoms with Gasteiger partial charge in [0.25, 0.3) is 5.91 Å². The van der Waals surface area contributed by atoms with Crippen LogP contribution in [0.25, 0.3) is 17.0 Å². The third-order valence-corrected chi connectivity index (χ3v) is 7.57. The molecule has 0 atom stereocenters. The van der Waals surface area contributed by atoms with Crippen molar-refractivity contribution in [3.63, 3.8) is 0 Å². The first kappa shape index (κ1) is 22.1. The zero-order valence-electron chi connectivity index (χ0n) is 18.2. The number of likely N-dealkylation sites (tertiary alicyclic amines) is 1.